The molecule has 0 atom stereocenters. The molecule has 1 heterocycles. The number of hydrogen-bond donors (Lipinski definition) is 1. The Labute approximate surface area is 158 Å². The summed E-state index contributed by atoms with van der Waals surface area (Å²) in [6.07, 6.45) is 0.557. The van der Waals surface area contributed by atoms with E-state index in [9.17, 15) is 4.79 Å². The average Bonchev–Trinajstić information content (AvgIpc) is 3.00. The number of nitrogens with one attached hydrogen (secondary N) is 1. The van der Waals surface area contributed by atoms with Crippen LogP contribution in [0.25, 0.3) is 0 Å². The molecule has 0 aliphatic carbocycles. The predicted octanol–water partition coefficient (Wildman–Crippen LogP) is 4.70. The third kappa shape index (κ3) is 5.49. The van der Waals surface area contributed by atoms with Gasteiger partial charge in [0.15, 0.2) is 0 Å². The van der Waals surface area contributed by atoms with E-state index < -0.39 is 0 Å². The van der Waals surface area contributed by atoms with Crippen molar-refractivity contribution in [2.75, 3.05) is 11.1 Å². The van der Waals surface area contributed by atoms with Crippen LogP contribution in [0.4, 0.5) is 5.69 Å². The van der Waals surface area contributed by atoms with Crippen molar-refractivity contribution in [1.29, 1.82) is 0 Å². The highest BCUT2D eigenvalue weighted by molar-refractivity contribution is 7.99. The van der Waals surface area contributed by atoms with Gasteiger partial charge in [-0.25, -0.2) is 0 Å². The Hall–Kier alpha value is -2.02. The van der Waals surface area contributed by atoms with Crippen LogP contribution in [0, 0.1) is 0 Å². The van der Waals surface area contributed by atoms with Crippen molar-refractivity contribution in [2.24, 2.45) is 0 Å². The van der Waals surface area contributed by atoms with Gasteiger partial charge in [0.1, 0.15) is 0 Å². The number of rotatable bonds is 6. The van der Waals surface area contributed by atoms with Gasteiger partial charge >= 0.3 is 0 Å². The molecule has 5 nitrogen and oxygen atoms in total. The second-order valence-corrected chi connectivity index (χ2v) is 6.92. The molecule has 0 spiro atoms. The van der Waals surface area contributed by atoms with Gasteiger partial charge in [0.05, 0.1) is 12.2 Å². The number of carbonyl (C=O) groups is 1. The van der Waals surface area contributed by atoms with Gasteiger partial charge in [-0.15, -0.1) is 10.2 Å². The van der Waals surface area contributed by atoms with E-state index in [-0.39, 0.29) is 11.7 Å². The molecular weight excluding hydrogens is 381 g/mol. The lowest BCUT2D eigenvalue weighted by Gasteiger charge is -2.05. The molecule has 0 fully saturated rings. The van der Waals surface area contributed by atoms with Gasteiger partial charge in [-0.1, -0.05) is 65.3 Å². The van der Waals surface area contributed by atoms with E-state index in [1.165, 1.54) is 11.8 Å². The summed E-state index contributed by atoms with van der Waals surface area (Å²) in [6, 6.07) is 14.7. The maximum Gasteiger partial charge on any atom is 0.277 e. The molecule has 3 rings (SSSR count). The molecule has 25 heavy (non-hydrogen) atoms. The molecule has 1 amide bonds. The maximum absolute atomic E-state index is 12.0. The number of anilines is 1. The summed E-state index contributed by atoms with van der Waals surface area (Å²) in [7, 11) is 0. The lowest BCUT2D eigenvalue weighted by Crippen LogP contribution is -2.13. The summed E-state index contributed by atoms with van der Waals surface area (Å²) in [4.78, 5) is 12.0. The lowest BCUT2D eigenvalue weighted by molar-refractivity contribution is -0.113. The van der Waals surface area contributed by atoms with Crippen LogP contribution in [0.3, 0.4) is 0 Å². The highest BCUT2D eigenvalue weighted by atomic mass is 35.5. The van der Waals surface area contributed by atoms with E-state index in [0.717, 1.165) is 5.56 Å². The monoisotopic (exact) mass is 393 g/mol. The van der Waals surface area contributed by atoms with E-state index in [4.69, 9.17) is 27.6 Å². The third-order valence-corrected chi connectivity index (χ3v) is 4.37. The molecule has 0 radical (unpaired) electrons. The standard InChI is InChI=1S/C17H13Cl2N3O2S/c18-12-7-13(19)9-14(8-12)20-15(23)10-25-17-22-21-16(24-17)6-11-4-2-1-3-5-11/h1-5,7-9H,6,10H2,(H,20,23). The minimum absolute atomic E-state index is 0.136. The Kier molecular flexibility index (Phi) is 5.96. The number of halogens is 2. The Morgan fingerprint density at radius 3 is 2.52 bits per heavy atom. The number of carbonyl (C=O) groups excluding carboxylic acids is 1. The van der Waals surface area contributed by atoms with Crippen molar-refractivity contribution >= 4 is 46.6 Å². The van der Waals surface area contributed by atoms with Crippen LogP contribution in [0.5, 0.6) is 0 Å². The minimum atomic E-state index is -0.217. The summed E-state index contributed by atoms with van der Waals surface area (Å²) in [6.45, 7) is 0. The quantitative estimate of drug-likeness (QED) is 0.614. The fourth-order valence-corrected chi connectivity index (χ4v) is 3.20. The highest BCUT2D eigenvalue weighted by Gasteiger charge is 2.11. The summed E-state index contributed by atoms with van der Waals surface area (Å²) >= 11 is 13.0. The van der Waals surface area contributed by atoms with E-state index in [2.05, 4.69) is 15.5 Å². The zero-order valence-corrected chi connectivity index (χ0v) is 15.2. The first-order chi connectivity index (χ1) is 12.1. The lowest BCUT2D eigenvalue weighted by atomic mass is 10.2. The van der Waals surface area contributed by atoms with Crippen molar-refractivity contribution in [3.05, 3.63) is 70.0 Å². The molecule has 0 bridgehead atoms. The van der Waals surface area contributed by atoms with E-state index in [1.54, 1.807) is 18.2 Å². The second-order valence-electron chi connectivity index (χ2n) is 5.12. The average molecular weight is 394 g/mol. The SMILES string of the molecule is O=C(CSc1nnc(Cc2ccccc2)o1)Nc1cc(Cl)cc(Cl)c1. The fourth-order valence-electron chi connectivity index (χ4n) is 2.09. The number of amides is 1. The van der Waals surface area contributed by atoms with Crippen LogP contribution in [0.2, 0.25) is 10.0 Å². The van der Waals surface area contributed by atoms with Gasteiger partial charge in [0, 0.05) is 15.7 Å². The van der Waals surface area contributed by atoms with E-state index in [0.29, 0.717) is 33.3 Å². The first-order valence-corrected chi connectivity index (χ1v) is 9.08. The van der Waals surface area contributed by atoms with Crippen LogP contribution >= 0.6 is 35.0 Å². The molecule has 1 N–H and O–H groups in total. The first kappa shape index (κ1) is 17.8. The molecule has 128 valence electrons. The van der Waals surface area contributed by atoms with Crippen molar-refractivity contribution in [3.8, 4) is 0 Å². The van der Waals surface area contributed by atoms with Gasteiger partial charge < -0.3 is 9.73 Å². The molecule has 1 aromatic heterocycles. The molecule has 0 saturated carbocycles. The largest absolute Gasteiger partial charge is 0.416 e. The molecule has 3 aromatic rings. The second kappa shape index (κ2) is 8.38. The van der Waals surface area contributed by atoms with Crippen LogP contribution < -0.4 is 5.32 Å². The summed E-state index contributed by atoms with van der Waals surface area (Å²) in [5.74, 6) is 0.429. The first-order valence-electron chi connectivity index (χ1n) is 7.33. The number of hydrogen-bond acceptors (Lipinski definition) is 5. The smallest absolute Gasteiger partial charge is 0.277 e. The van der Waals surface area contributed by atoms with Gasteiger partial charge in [-0.2, -0.15) is 0 Å². The van der Waals surface area contributed by atoms with Crippen molar-refractivity contribution < 1.29 is 9.21 Å². The summed E-state index contributed by atoms with van der Waals surface area (Å²) < 4.78 is 5.54. The van der Waals surface area contributed by atoms with Gasteiger partial charge in [-0.05, 0) is 23.8 Å². The number of thioether (sulfide) groups is 1. The maximum atomic E-state index is 12.0. The number of nitrogens with zero attached hydrogens (tertiary/aromatic N) is 2. The molecule has 0 unspecified atom stereocenters. The van der Waals surface area contributed by atoms with Crippen LogP contribution in [-0.2, 0) is 11.2 Å². The Morgan fingerprint density at radius 2 is 1.80 bits per heavy atom. The Morgan fingerprint density at radius 1 is 1.08 bits per heavy atom. The summed E-state index contributed by atoms with van der Waals surface area (Å²) in [5, 5.41) is 11.9. The molecular formula is C17H13Cl2N3O2S. The molecule has 0 aliphatic heterocycles. The molecule has 0 saturated heterocycles. The fraction of sp³-hybridized carbons (Fsp3) is 0.118. The molecule has 0 aliphatic rings. The van der Waals surface area contributed by atoms with Crippen LogP contribution in [0.15, 0.2) is 58.2 Å². The highest BCUT2D eigenvalue weighted by Crippen LogP contribution is 2.23. The molecule has 2 aromatic carbocycles. The van der Waals surface area contributed by atoms with E-state index in [1.807, 2.05) is 30.3 Å². The normalized spacial score (nSPS) is 10.6. The molecule has 8 heteroatoms. The predicted molar refractivity (Wildman–Crippen MR) is 99.4 cm³/mol. The van der Waals surface area contributed by atoms with Gasteiger partial charge in [0.2, 0.25) is 11.8 Å². The van der Waals surface area contributed by atoms with E-state index >= 15 is 0 Å². The van der Waals surface area contributed by atoms with Crippen LogP contribution in [-0.4, -0.2) is 21.9 Å². The van der Waals surface area contributed by atoms with Gasteiger partial charge in [-0.3, -0.25) is 4.79 Å². The zero-order chi connectivity index (χ0) is 17.6. The van der Waals surface area contributed by atoms with Crippen molar-refractivity contribution in [3.63, 3.8) is 0 Å². The number of aromatic nitrogens is 2. The Bertz CT molecular complexity index is 851. The van der Waals surface area contributed by atoms with Crippen molar-refractivity contribution in [1.82, 2.24) is 10.2 Å². The van der Waals surface area contributed by atoms with Crippen molar-refractivity contribution in [2.45, 2.75) is 11.6 Å². The Balaban J connectivity index is 1.52. The third-order valence-electron chi connectivity index (χ3n) is 3.12. The van der Waals surface area contributed by atoms with Crippen LogP contribution in [0.1, 0.15) is 11.5 Å². The zero-order valence-electron chi connectivity index (χ0n) is 12.9. The van der Waals surface area contributed by atoms with Gasteiger partial charge in [0.25, 0.3) is 5.22 Å². The number of benzene rings is 2. The topological polar surface area (TPSA) is 68.0 Å². The minimum Gasteiger partial charge on any atom is -0.416 e. The summed E-state index contributed by atoms with van der Waals surface area (Å²) in [5.41, 5.74) is 1.62.